The average Bonchev–Trinajstić information content (AvgIpc) is 2.29. The maximum atomic E-state index is 11.8. The number of likely N-dealkylation sites (tertiary alicyclic amines) is 1. The van der Waals surface area contributed by atoms with Crippen molar-refractivity contribution in [3.63, 3.8) is 0 Å². The molecule has 0 bridgehead atoms. The van der Waals surface area contributed by atoms with Gasteiger partial charge < -0.3 is 25.8 Å². The molecule has 0 aromatic rings. The van der Waals surface area contributed by atoms with Gasteiger partial charge in [-0.1, -0.05) is 0 Å². The summed E-state index contributed by atoms with van der Waals surface area (Å²) in [6.07, 6.45) is 0. The van der Waals surface area contributed by atoms with Gasteiger partial charge in [-0.05, 0) is 20.8 Å². The zero-order valence-electron chi connectivity index (χ0n) is 11.9. The number of hydrogen-bond acceptors (Lipinski definition) is 4. The standard InChI is InChI=1S/C12H21N3O5/c1-11(2,9(13)18)5-14-10(19)15-6-12(3,7-15)20-4-8(16)17/h4-7H2,1-3H3,(H2,13,18)(H,14,19)(H,16,17). The monoisotopic (exact) mass is 287 g/mol. The molecule has 0 radical (unpaired) electrons. The van der Waals surface area contributed by atoms with E-state index in [0.717, 1.165) is 0 Å². The number of ether oxygens (including phenoxy) is 1. The second-order valence-electron chi connectivity index (χ2n) is 5.90. The second-order valence-corrected chi connectivity index (χ2v) is 5.90. The van der Waals surface area contributed by atoms with Crippen LogP contribution in [0.5, 0.6) is 0 Å². The Morgan fingerprint density at radius 3 is 2.40 bits per heavy atom. The highest BCUT2D eigenvalue weighted by Gasteiger charge is 2.43. The first-order valence-corrected chi connectivity index (χ1v) is 6.24. The van der Waals surface area contributed by atoms with E-state index >= 15 is 0 Å². The molecule has 0 unspecified atom stereocenters. The Hall–Kier alpha value is -1.83. The molecule has 1 rings (SSSR count). The van der Waals surface area contributed by atoms with Crippen molar-refractivity contribution in [2.24, 2.45) is 11.1 Å². The number of rotatable bonds is 6. The van der Waals surface area contributed by atoms with E-state index in [9.17, 15) is 14.4 Å². The third-order valence-electron chi connectivity index (χ3n) is 3.23. The number of urea groups is 1. The summed E-state index contributed by atoms with van der Waals surface area (Å²) >= 11 is 0. The van der Waals surface area contributed by atoms with Crippen molar-refractivity contribution in [2.45, 2.75) is 26.4 Å². The predicted molar refractivity (Wildman–Crippen MR) is 69.9 cm³/mol. The Kier molecular flexibility index (Phi) is 4.59. The Balaban J connectivity index is 2.35. The summed E-state index contributed by atoms with van der Waals surface area (Å²) in [4.78, 5) is 34.8. The van der Waals surface area contributed by atoms with Gasteiger partial charge in [-0.3, -0.25) is 4.79 Å². The molecule has 4 N–H and O–H groups in total. The summed E-state index contributed by atoms with van der Waals surface area (Å²) in [6.45, 7) is 5.40. The van der Waals surface area contributed by atoms with Crippen LogP contribution in [0.15, 0.2) is 0 Å². The van der Waals surface area contributed by atoms with Gasteiger partial charge in [0.25, 0.3) is 0 Å². The molecule has 1 heterocycles. The fourth-order valence-electron chi connectivity index (χ4n) is 1.73. The molecule has 8 heteroatoms. The summed E-state index contributed by atoms with van der Waals surface area (Å²) in [7, 11) is 0. The quantitative estimate of drug-likeness (QED) is 0.601. The van der Waals surface area contributed by atoms with Crippen molar-refractivity contribution in [3.05, 3.63) is 0 Å². The van der Waals surface area contributed by atoms with Crippen LogP contribution in [0.2, 0.25) is 0 Å². The zero-order chi connectivity index (χ0) is 15.6. The summed E-state index contributed by atoms with van der Waals surface area (Å²) in [5.74, 6) is -1.53. The van der Waals surface area contributed by atoms with Crippen LogP contribution in [0.25, 0.3) is 0 Å². The van der Waals surface area contributed by atoms with Crippen molar-refractivity contribution in [3.8, 4) is 0 Å². The first-order valence-electron chi connectivity index (χ1n) is 6.24. The largest absolute Gasteiger partial charge is 0.480 e. The van der Waals surface area contributed by atoms with Crippen molar-refractivity contribution < 1.29 is 24.2 Å². The highest BCUT2D eigenvalue weighted by atomic mass is 16.5. The van der Waals surface area contributed by atoms with Crippen LogP contribution in [0.3, 0.4) is 0 Å². The van der Waals surface area contributed by atoms with E-state index in [1.54, 1.807) is 20.8 Å². The van der Waals surface area contributed by atoms with Crippen LogP contribution in [0.4, 0.5) is 4.79 Å². The van der Waals surface area contributed by atoms with Crippen LogP contribution in [-0.2, 0) is 14.3 Å². The maximum Gasteiger partial charge on any atom is 0.329 e. The molecule has 1 saturated heterocycles. The van der Waals surface area contributed by atoms with Gasteiger partial charge in [0.1, 0.15) is 12.2 Å². The van der Waals surface area contributed by atoms with E-state index in [1.807, 2.05) is 0 Å². The molecule has 3 amide bonds. The van der Waals surface area contributed by atoms with Gasteiger partial charge in [0.05, 0.1) is 18.5 Å². The van der Waals surface area contributed by atoms with E-state index in [4.69, 9.17) is 15.6 Å². The number of carbonyl (C=O) groups is 3. The topological polar surface area (TPSA) is 122 Å². The van der Waals surface area contributed by atoms with Crippen LogP contribution >= 0.6 is 0 Å². The molecule has 0 spiro atoms. The summed E-state index contributed by atoms with van der Waals surface area (Å²) in [5.41, 5.74) is 3.76. The molecule has 0 aromatic carbocycles. The fraction of sp³-hybridized carbons (Fsp3) is 0.750. The maximum absolute atomic E-state index is 11.8. The van der Waals surface area contributed by atoms with Crippen LogP contribution in [0, 0.1) is 5.41 Å². The first kappa shape index (κ1) is 16.2. The van der Waals surface area contributed by atoms with Crippen LogP contribution in [-0.4, -0.2) is 59.8 Å². The number of nitrogens with zero attached hydrogens (tertiary/aromatic N) is 1. The minimum atomic E-state index is -1.04. The van der Waals surface area contributed by atoms with Gasteiger partial charge in [-0.25, -0.2) is 9.59 Å². The number of primary amides is 1. The van der Waals surface area contributed by atoms with Gasteiger partial charge in [0.2, 0.25) is 5.91 Å². The highest BCUT2D eigenvalue weighted by molar-refractivity contribution is 5.82. The van der Waals surface area contributed by atoms with E-state index in [0.29, 0.717) is 13.1 Å². The number of aliphatic carboxylic acids is 1. The molecule has 1 aliphatic rings. The number of carboxylic acid groups (broad SMARTS) is 1. The Bertz CT molecular complexity index is 415. The van der Waals surface area contributed by atoms with Gasteiger partial charge in [-0.15, -0.1) is 0 Å². The molecule has 1 fully saturated rings. The molecular formula is C12H21N3O5. The summed E-state index contributed by atoms with van der Waals surface area (Å²) < 4.78 is 5.20. The molecule has 114 valence electrons. The van der Waals surface area contributed by atoms with Crippen LogP contribution < -0.4 is 11.1 Å². The zero-order valence-corrected chi connectivity index (χ0v) is 11.9. The summed E-state index contributed by atoms with van der Waals surface area (Å²) in [6, 6.07) is -0.323. The van der Waals surface area contributed by atoms with Gasteiger partial charge in [0.15, 0.2) is 0 Å². The molecule has 20 heavy (non-hydrogen) atoms. The van der Waals surface area contributed by atoms with E-state index in [1.165, 1.54) is 4.90 Å². The molecule has 8 nitrogen and oxygen atoms in total. The SMILES string of the molecule is CC1(OCC(=O)O)CN(C(=O)NCC(C)(C)C(N)=O)C1. The lowest BCUT2D eigenvalue weighted by Gasteiger charge is -2.47. The minimum absolute atomic E-state index is 0.143. The lowest BCUT2D eigenvalue weighted by atomic mass is 9.92. The Morgan fingerprint density at radius 2 is 1.95 bits per heavy atom. The van der Waals surface area contributed by atoms with Crippen molar-refractivity contribution >= 4 is 17.9 Å². The molecule has 0 aliphatic carbocycles. The number of amides is 3. The fourth-order valence-corrected chi connectivity index (χ4v) is 1.73. The molecule has 0 saturated carbocycles. The van der Waals surface area contributed by atoms with E-state index in [-0.39, 0.29) is 19.2 Å². The van der Waals surface area contributed by atoms with Crippen molar-refractivity contribution in [2.75, 3.05) is 26.2 Å². The predicted octanol–water partition coefficient (Wildman–Crippen LogP) is -0.617. The number of hydrogen-bond donors (Lipinski definition) is 3. The van der Waals surface area contributed by atoms with E-state index in [2.05, 4.69) is 5.32 Å². The average molecular weight is 287 g/mol. The normalized spacial score (nSPS) is 17.2. The van der Waals surface area contributed by atoms with Gasteiger partial charge >= 0.3 is 12.0 Å². The van der Waals surface area contributed by atoms with E-state index < -0.39 is 22.9 Å². The molecule has 0 atom stereocenters. The van der Waals surface area contributed by atoms with Crippen LogP contribution in [0.1, 0.15) is 20.8 Å². The molecular weight excluding hydrogens is 266 g/mol. The Morgan fingerprint density at radius 1 is 1.40 bits per heavy atom. The lowest BCUT2D eigenvalue weighted by molar-refractivity contribution is -0.159. The minimum Gasteiger partial charge on any atom is -0.480 e. The van der Waals surface area contributed by atoms with Crippen molar-refractivity contribution in [1.29, 1.82) is 0 Å². The number of carboxylic acids is 1. The van der Waals surface area contributed by atoms with Gasteiger partial charge in [0, 0.05) is 6.54 Å². The number of nitrogens with one attached hydrogen (secondary N) is 1. The van der Waals surface area contributed by atoms with Gasteiger partial charge in [-0.2, -0.15) is 0 Å². The number of nitrogens with two attached hydrogens (primary N) is 1. The molecule has 1 aliphatic heterocycles. The number of carbonyl (C=O) groups excluding carboxylic acids is 2. The Labute approximate surface area is 117 Å². The highest BCUT2D eigenvalue weighted by Crippen LogP contribution is 2.24. The second kappa shape index (κ2) is 5.66. The third kappa shape index (κ3) is 4.09. The summed E-state index contributed by atoms with van der Waals surface area (Å²) in [5, 5.41) is 11.2. The first-order chi connectivity index (χ1) is 9.06. The third-order valence-corrected chi connectivity index (χ3v) is 3.23. The smallest absolute Gasteiger partial charge is 0.329 e. The molecule has 0 aromatic heterocycles. The van der Waals surface area contributed by atoms with Crippen molar-refractivity contribution in [1.82, 2.24) is 10.2 Å². The lowest BCUT2D eigenvalue weighted by Crippen LogP contribution is -2.65.